The quantitative estimate of drug-likeness (QED) is 0.786. The number of nitrogens with one attached hydrogen (secondary N) is 1. The van der Waals surface area contributed by atoms with Gasteiger partial charge >= 0.3 is 0 Å². The molecule has 17 heavy (non-hydrogen) atoms. The van der Waals surface area contributed by atoms with E-state index >= 15 is 0 Å². The van der Waals surface area contributed by atoms with Crippen molar-refractivity contribution in [2.45, 2.75) is 31.8 Å². The van der Waals surface area contributed by atoms with Gasteiger partial charge in [0.05, 0.1) is 18.9 Å². The molecule has 1 fully saturated rings. The summed E-state index contributed by atoms with van der Waals surface area (Å²) < 4.78 is 5.44. The van der Waals surface area contributed by atoms with Crippen molar-refractivity contribution >= 4 is 0 Å². The first-order valence-electron chi connectivity index (χ1n) is 6.43. The summed E-state index contributed by atoms with van der Waals surface area (Å²) in [6.45, 7) is 5.11. The molecule has 0 radical (unpaired) electrons. The Morgan fingerprint density at radius 2 is 2.53 bits per heavy atom. The van der Waals surface area contributed by atoms with Gasteiger partial charge in [-0.1, -0.05) is 0 Å². The predicted molar refractivity (Wildman–Crippen MR) is 66.8 cm³/mol. The minimum absolute atomic E-state index is 0.192. The zero-order valence-corrected chi connectivity index (χ0v) is 10.4. The number of hydrogen-bond acceptors (Lipinski definition) is 4. The molecule has 2 rings (SSSR count). The van der Waals surface area contributed by atoms with Crippen molar-refractivity contribution < 1.29 is 9.52 Å². The summed E-state index contributed by atoms with van der Waals surface area (Å²) in [5, 5.41) is 12.7. The first-order chi connectivity index (χ1) is 8.31. The van der Waals surface area contributed by atoms with Gasteiger partial charge < -0.3 is 14.8 Å². The van der Waals surface area contributed by atoms with Crippen molar-refractivity contribution in [1.29, 1.82) is 0 Å². The molecule has 0 bridgehead atoms. The van der Waals surface area contributed by atoms with Gasteiger partial charge in [-0.2, -0.15) is 0 Å². The Balaban J connectivity index is 1.95. The average Bonchev–Trinajstić information content (AvgIpc) is 3.00. The minimum atomic E-state index is 0.192. The summed E-state index contributed by atoms with van der Waals surface area (Å²) in [4.78, 5) is 2.28. The van der Waals surface area contributed by atoms with E-state index < -0.39 is 0 Å². The van der Waals surface area contributed by atoms with Crippen LogP contribution in [0.4, 0.5) is 0 Å². The standard InChI is InChI=1S/C13H22N2O2/c1-11(13-5-3-9-17-13)15(7-8-16)10-12-4-2-6-14-12/h3,5,9,11-12,14,16H,2,4,6-8,10H2,1H3. The lowest BCUT2D eigenvalue weighted by Gasteiger charge is -2.29. The summed E-state index contributed by atoms with van der Waals surface area (Å²) in [6.07, 6.45) is 4.19. The highest BCUT2D eigenvalue weighted by Crippen LogP contribution is 2.21. The van der Waals surface area contributed by atoms with Gasteiger partial charge in [0.2, 0.25) is 0 Å². The molecule has 1 aliphatic heterocycles. The minimum Gasteiger partial charge on any atom is -0.468 e. The topological polar surface area (TPSA) is 48.6 Å². The maximum Gasteiger partial charge on any atom is 0.120 e. The number of furan rings is 1. The molecule has 1 aromatic heterocycles. The smallest absolute Gasteiger partial charge is 0.120 e. The van der Waals surface area contributed by atoms with Crippen LogP contribution in [0.2, 0.25) is 0 Å². The molecule has 4 nitrogen and oxygen atoms in total. The zero-order chi connectivity index (χ0) is 12.1. The van der Waals surface area contributed by atoms with Crippen LogP contribution in [0.5, 0.6) is 0 Å². The number of aliphatic hydroxyl groups is 1. The molecule has 1 saturated heterocycles. The van der Waals surface area contributed by atoms with Crippen molar-refractivity contribution in [1.82, 2.24) is 10.2 Å². The van der Waals surface area contributed by atoms with Gasteiger partial charge in [-0.15, -0.1) is 0 Å². The van der Waals surface area contributed by atoms with Crippen LogP contribution in [-0.2, 0) is 0 Å². The van der Waals surface area contributed by atoms with Crippen LogP contribution in [0.3, 0.4) is 0 Å². The van der Waals surface area contributed by atoms with E-state index in [1.165, 1.54) is 12.8 Å². The molecule has 1 aromatic rings. The van der Waals surface area contributed by atoms with Gasteiger partial charge in [0.1, 0.15) is 5.76 Å². The zero-order valence-electron chi connectivity index (χ0n) is 10.4. The highest BCUT2D eigenvalue weighted by molar-refractivity contribution is 5.03. The Hall–Kier alpha value is -0.840. The molecule has 0 amide bonds. The Bertz CT molecular complexity index is 307. The first kappa shape index (κ1) is 12.6. The van der Waals surface area contributed by atoms with Crippen molar-refractivity contribution in [2.24, 2.45) is 0 Å². The lowest BCUT2D eigenvalue weighted by atomic mass is 10.1. The SMILES string of the molecule is CC(c1ccco1)N(CCO)CC1CCCN1. The fraction of sp³-hybridized carbons (Fsp3) is 0.692. The summed E-state index contributed by atoms with van der Waals surface area (Å²) in [7, 11) is 0. The second-order valence-corrected chi connectivity index (χ2v) is 4.70. The molecule has 0 aromatic carbocycles. The molecule has 2 atom stereocenters. The van der Waals surface area contributed by atoms with Crippen molar-refractivity contribution in [3.8, 4) is 0 Å². The summed E-state index contributed by atoms with van der Waals surface area (Å²) in [6, 6.07) is 4.69. The van der Waals surface area contributed by atoms with Crippen molar-refractivity contribution in [2.75, 3.05) is 26.2 Å². The molecule has 1 aliphatic rings. The summed E-state index contributed by atoms with van der Waals surface area (Å²) in [5.74, 6) is 0.969. The van der Waals surface area contributed by atoms with Gasteiger partial charge in [0, 0.05) is 19.1 Å². The number of aliphatic hydroxyl groups excluding tert-OH is 1. The van der Waals surface area contributed by atoms with E-state index in [1.54, 1.807) is 6.26 Å². The van der Waals surface area contributed by atoms with Crippen LogP contribution in [0.25, 0.3) is 0 Å². The van der Waals surface area contributed by atoms with Crippen LogP contribution in [-0.4, -0.2) is 42.3 Å². The molecule has 0 saturated carbocycles. The summed E-state index contributed by atoms with van der Waals surface area (Å²) in [5.41, 5.74) is 0. The molecular formula is C13H22N2O2. The summed E-state index contributed by atoms with van der Waals surface area (Å²) >= 11 is 0. The maximum absolute atomic E-state index is 9.16. The Morgan fingerprint density at radius 3 is 3.12 bits per heavy atom. The number of hydrogen-bond donors (Lipinski definition) is 2. The van der Waals surface area contributed by atoms with E-state index in [0.717, 1.165) is 18.8 Å². The van der Waals surface area contributed by atoms with E-state index in [-0.39, 0.29) is 12.6 Å². The predicted octanol–water partition coefficient (Wildman–Crippen LogP) is 1.39. The van der Waals surface area contributed by atoms with Gasteiger partial charge in [-0.25, -0.2) is 0 Å². The van der Waals surface area contributed by atoms with Crippen LogP contribution < -0.4 is 5.32 Å². The van der Waals surface area contributed by atoms with Crippen LogP contribution in [0, 0.1) is 0 Å². The van der Waals surface area contributed by atoms with E-state index in [9.17, 15) is 0 Å². The maximum atomic E-state index is 9.16. The molecule has 2 N–H and O–H groups in total. The Morgan fingerprint density at radius 1 is 1.65 bits per heavy atom. The highest BCUT2D eigenvalue weighted by Gasteiger charge is 2.23. The van der Waals surface area contributed by atoms with Crippen LogP contribution in [0.1, 0.15) is 31.6 Å². The lowest BCUT2D eigenvalue weighted by Crippen LogP contribution is -2.40. The normalized spacial score (nSPS) is 22.2. The van der Waals surface area contributed by atoms with Gasteiger partial charge in [-0.05, 0) is 38.4 Å². The largest absolute Gasteiger partial charge is 0.468 e. The molecule has 0 aliphatic carbocycles. The molecular weight excluding hydrogens is 216 g/mol. The fourth-order valence-electron chi connectivity index (χ4n) is 2.48. The van der Waals surface area contributed by atoms with Gasteiger partial charge in [-0.3, -0.25) is 4.90 Å². The van der Waals surface area contributed by atoms with E-state index in [4.69, 9.17) is 9.52 Å². The van der Waals surface area contributed by atoms with Gasteiger partial charge in [0.25, 0.3) is 0 Å². The number of rotatable bonds is 6. The highest BCUT2D eigenvalue weighted by atomic mass is 16.3. The van der Waals surface area contributed by atoms with Crippen molar-refractivity contribution in [3.05, 3.63) is 24.2 Å². The van der Waals surface area contributed by atoms with E-state index in [0.29, 0.717) is 12.6 Å². The molecule has 2 unspecified atom stereocenters. The lowest BCUT2D eigenvalue weighted by molar-refractivity contribution is 0.135. The van der Waals surface area contributed by atoms with E-state index in [2.05, 4.69) is 17.1 Å². The second-order valence-electron chi connectivity index (χ2n) is 4.70. The van der Waals surface area contributed by atoms with Gasteiger partial charge in [0.15, 0.2) is 0 Å². The second kappa shape index (κ2) is 6.19. The van der Waals surface area contributed by atoms with Crippen molar-refractivity contribution in [3.63, 3.8) is 0 Å². The third-order valence-electron chi connectivity index (χ3n) is 3.51. The van der Waals surface area contributed by atoms with Crippen LogP contribution >= 0.6 is 0 Å². The van der Waals surface area contributed by atoms with E-state index in [1.807, 2.05) is 12.1 Å². The third kappa shape index (κ3) is 3.31. The average molecular weight is 238 g/mol. The Kier molecular flexibility index (Phi) is 4.59. The third-order valence-corrected chi connectivity index (χ3v) is 3.51. The molecule has 4 heteroatoms. The number of nitrogens with zero attached hydrogens (tertiary/aromatic N) is 1. The Labute approximate surface area is 103 Å². The molecule has 2 heterocycles. The molecule has 0 spiro atoms. The fourth-order valence-corrected chi connectivity index (χ4v) is 2.48. The van der Waals surface area contributed by atoms with Crippen LogP contribution in [0.15, 0.2) is 22.8 Å². The molecule has 96 valence electrons. The monoisotopic (exact) mass is 238 g/mol. The first-order valence-corrected chi connectivity index (χ1v) is 6.43.